The monoisotopic (exact) mass is 409 g/mol. The molecule has 0 fully saturated rings. The third-order valence-electron chi connectivity index (χ3n) is 4.99. The molecular weight excluding hydrogens is 377 g/mol. The maximum absolute atomic E-state index is 13.8. The topological polar surface area (TPSA) is 53.5 Å². The number of halogens is 1. The average molecular weight is 410 g/mol. The highest BCUT2D eigenvalue weighted by Gasteiger charge is 2.18. The molecule has 0 aliphatic heterocycles. The number of hydrogen-bond donors (Lipinski definition) is 2. The quantitative estimate of drug-likeness (QED) is 0.329. The number of nitrogens with zero attached hydrogens (tertiary/aromatic N) is 1. The van der Waals surface area contributed by atoms with Crippen LogP contribution in [0.4, 0.5) is 10.1 Å². The second-order valence-electron chi connectivity index (χ2n) is 8.41. The summed E-state index contributed by atoms with van der Waals surface area (Å²) in [4.78, 5) is 14.8. The van der Waals surface area contributed by atoms with Gasteiger partial charge in [-0.15, -0.1) is 0 Å². The number of nitrogens with one attached hydrogen (secondary N) is 2. The Kier molecular flexibility index (Phi) is 7.93. The van der Waals surface area contributed by atoms with Crippen LogP contribution in [-0.4, -0.2) is 17.8 Å². The summed E-state index contributed by atoms with van der Waals surface area (Å²) < 4.78 is 13.8. The van der Waals surface area contributed by atoms with Gasteiger partial charge in [-0.05, 0) is 101 Å². The molecule has 0 aromatic heterocycles. The molecule has 0 aliphatic rings. The third-order valence-corrected chi connectivity index (χ3v) is 4.99. The van der Waals surface area contributed by atoms with Crippen LogP contribution in [0.5, 0.6) is 0 Å². The van der Waals surface area contributed by atoms with Crippen molar-refractivity contribution in [2.24, 2.45) is 4.99 Å². The van der Waals surface area contributed by atoms with E-state index in [9.17, 15) is 9.18 Å². The molecule has 5 heteroatoms. The number of amidine groups is 1. The van der Waals surface area contributed by atoms with Crippen molar-refractivity contribution in [3.63, 3.8) is 0 Å². The Bertz CT molecular complexity index is 961. The Morgan fingerprint density at radius 1 is 1.10 bits per heavy atom. The van der Waals surface area contributed by atoms with E-state index in [4.69, 9.17) is 0 Å². The molecule has 2 rings (SSSR count). The lowest BCUT2D eigenvalue weighted by Crippen LogP contribution is -2.31. The number of amides is 1. The fraction of sp³-hybridized carbons (Fsp3) is 0.360. The van der Waals surface area contributed by atoms with Gasteiger partial charge in [0, 0.05) is 16.9 Å². The highest BCUT2D eigenvalue weighted by Crippen LogP contribution is 2.25. The van der Waals surface area contributed by atoms with Gasteiger partial charge in [0.25, 0.3) is 0 Å². The lowest BCUT2D eigenvalue weighted by atomic mass is 9.94. The first-order valence-corrected chi connectivity index (χ1v) is 10.2. The zero-order valence-corrected chi connectivity index (χ0v) is 18.8. The molecule has 0 spiro atoms. The molecular formula is C25H32FN3O. The Labute approximate surface area is 179 Å². The molecule has 160 valence electrons. The zero-order chi connectivity index (χ0) is 22.3. The van der Waals surface area contributed by atoms with E-state index in [0.717, 1.165) is 40.9 Å². The molecule has 2 aromatic rings. The number of anilines is 1. The smallest absolute Gasteiger partial charge is 0.212 e. The third kappa shape index (κ3) is 7.14. The second kappa shape index (κ2) is 10.2. The van der Waals surface area contributed by atoms with Crippen LogP contribution in [0.3, 0.4) is 0 Å². The Morgan fingerprint density at radius 2 is 1.83 bits per heavy atom. The first kappa shape index (κ1) is 23.3. The van der Waals surface area contributed by atoms with Gasteiger partial charge in [-0.1, -0.05) is 18.2 Å². The van der Waals surface area contributed by atoms with Crippen LogP contribution < -0.4 is 10.6 Å². The fourth-order valence-electron chi connectivity index (χ4n) is 3.25. The van der Waals surface area contributed by atoms with Gasteiger partial charge in [0.2, 0.25) is 6.41 Å². The predicted octanol–water partition coefficient (Wildman–Crippen LogP) is 5.79. The minimum absolute atomic E-state index is 0.138. The van der Waals surface area contributed by atoms with Crippen LogP contribution in [0.1, 0.15) is 56.4 Å². The van der Waals surface area contributed by atoms with E-state index in [1.165, 1.54) is 0 Å². The molecule has 0 unspecified atom stereocenters. The highest BCUT2D eigenvalue weighted by molar-refractivity contribution is 5.89. The van der Waals surface area contributed by atoms with Gasteiger partial charge in [0.15, 0.2) is 0 Å². The lowest BCUT2D eigenvalue weighted by molar-refractivity contribution is -0.108. The van der Waals surface area contributed by atoms with Crippen molar-refractivity contribution in [1.29, 1.82) is 0 Å². The van der Waals surface area contributed by atoms with Crippen molar-refractivity contribution in [3.05, 3.63) is 70.2 Å². The van der Waals surface area contributed by atoms with E-state index in [1.54, 1.807) is 19.9 Å². The van der Waals surface area contributed by atoms with Crippen molar-refractivity contribution in [2.45, 2.75) is 59.9 Å². The number of hydrogen-bond acceptors (Lipinski definition) is 3. The van der Waals surface area contributed by atoms with Crippen molar-refractivity contribution in [2.75, 3.05) is 5.32 Å². The van der Waals surface area contributed by atoms with E-state index in [1.807, 2.05) is 31.2 Å². The molecule has 4 nitrogen and oxygen atoms in total. The van der Waals surface area contributed by atoms with Gasteiger partial charge < -0.3 is 10.6 Å². The summed E-state index contributed by atoms with van der Waals surface area (Å²) in [5.74, 6) is 0.415. The van der Waals surface area contributed by atoms with Gasteiger partial charge in [-0.3, -0.25) is 4.79 Å². The maximum atomic E-state index is 13.8. The van der Waals surface area contributed by atoms with Crippen molar-refractivity contribution in [1.82, 2.24) is 5.32 Å². The number of carbonyl (C=O) groups is 1. The summed E-state index contributed by atoms with van der Waals surface area (Å²) in [5.41, 5.74) is 5.63. The van der Waals surface area contributed by atoms with Gasteiger partial charge >= 0.3 is 0 Å². The fourth-order valence-corrected chi connectivity index (χ4v) is 3.25. The molecule has 0 bridgehead atoms. The number of rotatable bonds is 8. The standard InChI is InChI=1S/C25H32FN3O/c1-17-7-8-21(15-23(17)26)11-12-25(5,6)29-24-10-9-22(13-18(24)2)14-19(3)28-20(4)27-16-30/h7-10,13-16,29H,11-12H2,1-6H3,(H,27,28,30)/b19-14-. The largest absolute Gasteiger partial charge is 0.380 e. The number of carbonyl (C=O) groups excluding carboxylic acids is 1. The van der Waals surface area contributed by atoms with Crippen LogP contribution in [0.15, 0.2) is 47.1 Å². The zero-order valence-electron chi connectivity index (χ0n) is 18.8. The highest BCUT2D eigenvalue weighted by atomic mass is 19.1. The first-order chi connectivity index (χ1) is 14.1. The van der Waals surface area contributed by atoms with Crippen LogP contribution in [0, 0.1) is 19.7 Å². The van der Waals surface area contributed by atoms with Crippen molar-refractivity contribution in [3.8, 4) is 0 Å². The average Bonchev–Trinajstić information content (AvgIpc) is 2.65. The van der Waals surface area contributed by atoms with E-state index in [0.29, 0.717) is 17.8 Å². The van der Waals surface area contributed by atoms with Crippen molar-refractivity contribution < 1.29 is 9.18 Å². The maximum Gasteiger partial charge on any atom is 0.212 e. The van der Waals surface area contributed by atoms with Gasteiger partial charge in [0.1, 0.15) is 11.7 Å². The minimum Gasteiger partial charge on any atom is -0.380 e. The normalized spacial score (nSPS) is 12.6. The molecule has 0 heterocycles. The molecule has 2 N–H and O–H groups in total. The van der Waals surface area contributed by atoms with Crippen LogP contribution in [0.25, 0.3) is 6.08 Å². The van der Waals surface area contributed by atoms with E-state index in [2.05, 4.69) is 48.5 Å². The molecule has 0 aliphatic carbocycles. The van der Waals surface area contributed by atoms with Gasteiger partial charge in [-0.2, -0.15) is 0 Å². The summed E-state index contributed by atoms with van der Waals surface area (Å²) in [5, 5.41) is 6.16. The van der Waals surface area contributed by atoms with Crippen molar-refractivity contribution >= 4 is 24.0 Å². The van der Waals surface area contributed by atoms with E-state index in [-0.39, 0.29) is 11.4 Å². The summed E-state index contributed by atoms with van der Waals surface area (Å²) in [6, 6.07) is 11.7. The lowest BCUT2D eigenvalue weighted by Gasteiger charge is -2.29. The molecule has 1 amide bonds. The first-order valence-electron chi connectivity index (χ1n) is 10.2. The van der Waals surface area contributed by atoms with Crippen LogP contribution >= 0.6 is 0 Å². The second-order valence-corrected chi connectivity index (χ2v) is 8.41. The summed E-state index contributed by atoms with van der Waals surface area (Å²) in [6.07, 6.45) is 4.29. The molecule has 2 aromatic carbocycles. The summed E-state index contributed by atoms with van der Waals surface area (Å²) in [7, 11) is 0. The molecule has 0 radical (unpaired) electrons. The number of aryl methyl sites for hydroxylation is 3. The van der Waals surface area contributed by atoms with Crippen LogP contribution in [-0.2, 0) is 11.2 Å². The minimum atomic E-state index is -0.144. The Hall–Kier alpha value is -2.95. The summed E-state index contributed by atoms with van der Waals surface area (Å²) in [6.45, 7) is 11.8. The molecule has 30 heavy (non-hydrogen) atoms. The molecule has 0 atom stereocenters. The van der Waals surface area contributed by atoms with Gasteiger partial charge in [-0.25, -0.2) is 9.38 Å². The van der Waals surface area contributed by atoms with Crippen LogP contribution in [0.2, 0.25) is 0 Å². The Morgan fingerprint density at radius 3 is 2.47 bits per heavy atom. The SMILES string of the molecule is CC(=N/C(C)=C\c1ccc(NC(C)(C)CCc2ccc(C)c(F)c2)c(C)c1)NC=O. The number of benzene rings is 2. The predicted molar refractivity (Wildman–Crippen MR) is 124 cm³/mol. The number of allylic oxidation sites excluding steroid dienone is 1. The molecule has 0 saturated heterocycles. The molecule has 0 saturated carbocycles. The van der Waals surface area contributed by atoms with E-state index < -0.39 is 0 Å². The number of aliphatic imine (C=N–C) groups is 1. The summed E-state index contributed by atoms with van der Waals surface area (Å²) >= 11 is 0. The Balaban J connectivity index is 2.05. The van der Waals surface area contributed by atoms with Gasteiger partial charge in [0.05, 0.1) is 0 Å². The van der Waals surface area contributed by atoms with E-state index >= 15 is 0 Å².